The molecule has 2 amide bonds. The molecule has 1 fully saturated rings. The van der Waals surface area contributed by atoms with E-state index in [9.17, 15) is 9.59 Å². The summed E-state index contributed by atoms with van der Waals surface area (Å²) in [5, 5.41) is 6.17. The molecule has 150 valence electrons. The van der Waals surface area contributed by atoms with E-state index in [1.807, 2.05) is 18.2 Å². The fourth-order valence-electron chi connectivity index (χ4n) is 4.25. The number of carbonyl (C=O) groups is 2. The molecule has 5 heteroatoms. The van der Waals surface area contributed by atoms with Crippen LogP contribution in [-0.4, -0.2) is 37.5 Å². The molecule has 0 radical (unpaired) electrons. The predicted molar refractivity (Wildman–Crippen MR) is 111 cm³/mol. The average molecular weight is 374 g/mol. The number of nitrogens with zero attached hydrogens (tertiary/aromatic N) is 1. The van der Waals surface area contributed by atoms with Crippen molar-refractivity contribution >= 4 is 17.5 Å². The molecule has 3 atom stereocenters. The van der Waals surface area contributed by atoms with Crippen LogP contribution in [0.15, 0.2) is 30.3 Å². The molecule has 2 N–H and O–H groups in total. The zero-order chi connectivity index (χ0) is 19.9. The zero-order valence-electron chi connectivity index (χ0n) is 17.3. The van der Waals surface area contributed by atoms with E-state index in [0.717, 1.165) is 37.9 Å². The van der Waals surface area contributed by atoms with Crippen LogP contribution in [-0.2, 0) is 9.59 Å². The van der Waals surface area contributed by atoms with Crippen LogP contribution in [0.5, 0.6) is 0 Å². The highest BCUT2D eigenvalue weighted by atomic mass is 16.2. The first-order chi connectivity index (χ1) is 12.9. The van der Waals surface area contributed by atoms with Crippen molar-refractivity contribution < 1.29 is 9.59 Å². The minimum absolute atomic E-state index is 0.0239. The van der Waals surface area contributed by atoms with E-state index in [1.165, 1.54) is 6.92 Å². The standard InChI is InChI=1S/C22H35N3O2/c1-5-6-14-23-21(27)22(24-18(3)26)15-17(2)12-13-19(22)16-25(4)20-10-8-7-9-11-20/h7-11,17,19H,5-6,12-16H2,1-4H3,(H,23,27)(H,24,26)/t17-,19+,22-/m1/s1. The second kappa shape index (κ2) is 9.77. The highest BCUT2D eigenvalue weighted by molar-refractivity contribution is 5.91. The Morgan fingerprint density at radius 2 is 1.93 bits per heavy atom. The summed E-state index contributed by atoms with van der Waals surface area (Å²) in [5.41, 5.74) is 0.291. The molecule has 1 aromatic rings. The number of hydrogen-bond acceptors (Lipinski definition) is 3. The Labute approximate surface area is 163 Å². The van der Waals surface area contributed by atoms with Crippen molar-refractivity contribution in [3.05, 3.63) is 30.3 Å². The first kappa shape index (κ1) is 21.3. The summed E-state index contributed by atoms with van der Waals surface area (Å²) < 4.78 is 0. The molecule has 1 aliphatic rings. The molecule has 0 spiro atoms. The van der Waals surface area contributed by atoms with Gasteiger partial charge >= 0.3 is 0 Å². The number of unbranched alkanes of at least 4 members (excludes halogenated alkanes) is 1. The third-order valence-corrected chi connectivity index (χ3v) is 5.69. The van der Waals surface area contributed by atoms with Gasteiger partial charge in [-0.1, -0.05) is 44.9 Å². The van der Waals surface area contributed by atoms with Gasteiger partial charge in [0.05, 0.1) is 0 Å². The van der Waals surface area contributed by atoms with Gasteiger partial charge in [-0.25, -0.2) is 0 Å². The summed E-state index contributed by atoms with van der Waals surface area (Å²) >= 11 is 0. The molecular formula is C22H35N3O2. The third kappa shape index (κ3) is 5.47. The van der Waals surface area contributed by atoms with Gasteiger partial charge in [0.15, 0.2) is 0 Å². The smallest absolute Gasteiger partial charge is 0.246 e. The van der Waals surface area contributed by atoms with Crippen LogP contribution in [0.2, 0.25) is 0 Å². The van der Waals surface area contributed by atoms with E-state index in [1.54, 1.807) is 0 Å². The predicted octanol–water partition coefficient (Wildman–Crippen LogP) is 3.35. The monoisotopic (exact) mass is 373 g/mol. The number of para-hydroxylation sites is 1. The van der Waals surface area contributed by atoms with Crippen molar-refractivity contribution in [2.75, 3.05) is 25.0 Å². The van der Waals surface area contributed by atoms with Crippen LogP contribution in [0, 0.1) is 11.8 Å². The highest BCUT2D eigenvalue weighted by Gasteiger charge is 2.49. The topological polar surface area (TPSA) is 61.4 Å². The molecular weight excluding hydrogens is 338 g/mol. The average Bonchev–Trinajstić information content (AvgIpc) is 2.64. The molecule has 2 rings (SSSR count). The number of amides is 2. The normalized spacial score (nSPS) is 24.9. The molecule has 0 bridgehead atoms. The summed E-state index contributed by atoms with van der Waals surface area (Å²) in [6.45, 7) is 7.19. The number of benzene rings is 1. The maximum atomic E-state index is 13.3. The molecule has 1 aromatic carbocycles. The minimum atomic E-state index is -0.833. The fourth-order valence-corrected chi connectivity index (χ4v) is 4.25. The van der Waals surface area contributed by atoms with Gasteiger partial charge < -0.3 is 15.5 Å². The van der Waals surface area contributed by atoms with Gasteiger partial charge in [-0.3, -0.25) is 9.59 Å². The van der Waals surface area contributed by atoms with Crippen LogP contribution < -0.4 is 15.5 Å². The number of nitrogens with one attached hydrogen (secondary N) is 2. The molecule has 0 aliphatic heterocycles. The van der Waals surface area contributed by atoms with Crippen LogP contribution >= 0.6 is 0 Å². The van der Waals surface area contributed by atoms with Crippen LogP contribution in [0.3, 0.4) is 0 Å². The number of carbonyl (C=O) groups excluding carboxylic acids is 2. The Morgan fingerprint density at radius 1 is 1.22 bits per heavy atom. The Kier molecular flexibility index (Phi) is 7.69. The van der Waals surface area contributed by atoms with E-state index in [-0.39, 0.29) is 17.7 Å². The lowest BCUT2D eigenvalue weighted by molar-refractivity contribution is -0.137. The quantitative estimate of drug-likeness (QED) is 0.687. The van der Waals surface area contributed by atoms with Crippen molar-refractivity contribution in [1.29, 1.82) is 0 Å². The summed E-state index contributed by atoms with van der Waals surface area (Å²) in [4.78, 5) is 27.5. The maximum absolute atomic E-state index is 13.3. The van der Waals surface area contributed by atoms with Gasteiger partial charge in [0.1, 0.15) is 5.54 Å². The Bertz CT molecular complexity index is 619. The lowest BCUT2D eigenvalue weighted by Crippen LogP contribution is -2.66. The lowest BCUT2D eigenvalue weighted by Gasteiger charge is -2.46. The summed E-state index contributed by atoms with van der Waals surface area (Å²) in [6, 6.07) is 10.2. The molecule has 0 saturated heterocycles. The first-order valence-corrected chi connectivity index (χ1v) is 10.2. The largest absolute Gasteiger partial charge is 0.374 e. The summed E-state index contributed by atoms with van der Waals surface area (Å²) in [7, 11) is 2.06. The van der Waals surface area contributed by atoms with Gasteiger partial charge in [0.25, 0.3) is 0 Å². The molecule has 27 heavy (non-hydrogen) atoms. The Morgan fingerprint density at radius 3 is 2.56 bits per heavy atom. The zero-order valence-corrected chi connectivity index (χ0v) is 17.3. The first-order valence-electron chi connectivity index (χ1n) is 10.2. The molecule has 0 heterocycles. The second-order valence-electron chi connectivity index (χ2n) is 8.06. The number of anilines is 1. The number of hydrogen-bond donors (Lipinski definition) is 2. The molecule has 5 nitrogen and oxygen atoms in total. The minimum Gasteiger partial charge on any atom is -0.374 e. The highest BCUT2D eigenvalue weighted by Crippen LogP contribution is 2.38. The van der Waals surface area contributed by atoms with Gasteiger partial charge in [-0.15, -0.1) is 0 Å². The maximum Gasteiger partial charge on any atom is 0.246 e. The van der Waals surface area contributed by atoms with E-state index in [0.29, 0.717) is 18.9 Å². The molecule has 0 unspecified atom stereocenters. The third-order valence-electron chi connectivity index (χ3n) is 5.69. The fraction of sp³-hybridized carbons (Fsp3) is 0.636. The second-order valence-corrected chi connectivity index (χ2v) is 8.06. The van der Waals surface area contributed by atoms with Gasteiger partial charge in [-0.2, -0.15) is 0 Å². The van der Waals surface area contributed by atoms with Gasteiger partial charge in [0.2, 0.25) is 11.8 Å². The summed E-state index contributed by atoms with van der Waals surface area (Å²) in [6.07, 6.45) is 4.69. The van der Waals surface area contributed by atoms with Crippen molar-refractivity contribution in [1.82, 2.24) is 10.6 Å². The van der Waals surface area contributed by atoms with Crippen molar-refractivity contribution in [2.24, 2.45) is 11.8 Å². The molecule has 1 aliphatic carbocycles. The molecule has 0 aromatic heterocycles. The van der Waals surface area contributed by atoms with Crippen LogP contribution in [0.1, 0.15) is 52.9 Å². The van der Waals surface area contributed by atoms with Gasteiger partial charge in [0, 0.05) is 38.7 Å². The Balaban J connectivity index is 2.26. The Hall–Kier alpha value is -2.04. The van der Waals surface area contributed by atoms with Crippen molar-refractivity contribution in [3.63, 3.8) is 0 Å². The van der Waals surface area contributed by atoms with Crippen LogP contribution in [0.25, 0.3) is 0 Å². The summed E-state index contributed by atoms with van der Waals surface area (Å²) in [5.74, 6) is 0.322. The van der Waals surface area contributed by atoms with Crippen molar-refractivity contribution in [3.8, 4) is 0 Å². The van der Waals surface area contributed by atoms with E-state index in [2.05, 4.69) is 48.6 Å². The van der Waals surface area contributed by atoms with E-state index >= 15 is 0 Å². The van der Waals surface area contributed by atoms with Crippen molar-refractivity contribution in [2.45, 2.75) is 58.4 Å². The number of rotatable bonds is 8. The van der Waals surface area contributed by atoms with E-state index < -0.39 is 5.54 Å². The van der Waals surface area contributed by atoms with Crippen LogP contribution in [0.4, 0.5) is 5.69 Å². The van der Waals surface area contributed by atoms with Gasteiger partial charge in [-0.05, 0) is 37.3 Å². The molecule has 1 saturated carbocycles. The SMILES string of the molecule is CCCCNC(=O)[C@@]1(NC(C)=O)C[C@H](C)CC[C@H]1CN(C)c1ccccc1. The lowest BCUT2D eigenvalue weighted by atomic mass is 9.67. The van der Waals surface area contributed by atoms with E-state index in [4.69, 9.17) is 0 Å².